The van der Waals surface area contributed by atoms with Crippen molar-refractivity contribution < 1.29 is 13.3 Å². The molecule has 0 atom stereocenters. The molecule has 4 aromatic rings. The van der Waals surface area contributed by atoms with E-state index in [1.165, 1.54) is 10.9 Å². The molecule has 4 rings (SSSR count). The molecule has 0 aliphatic carbocycles. The Morgan fingerprint density at radius 1 is 1.00 bits per heavy atom. The van der Waals surface area contributed by atoms with E-state index >= 15 is 0 Å². The Bertz CT molecular complexity index is 1020. The molecule has 0 N–H and O–H groups in total. The quantitative estimate of drug-likeness (QED) is 0.554. The number of tetrazole rings is 1. The van der Waals surface area contributed by atoms with Gasteiger partial charge < -0.3 is 4.52 Å². The fourth-order valence-corrected chi connectivity index (χ4v) is 2.53. The third-order valence-electron chi connectivity index (χ3n) is 3.48. The normalized spacial score (nSPS) is 11.0. The molecule has 0 bridgehead atoms. The molecule has 0 spiro atoms. The second-order valence-corrected chi connectivity index (χ2v) is 5.55. The Labute approximate surface area is 144 Å². The van der Waals surface area contributed by atoms with Gasteiger partial charge in [0.15, 0.2) is 11.6 Å². The minimum atomic E-state index is -0.727. The second-order valence-electron chi connectivity index (χ2n) is 5.12. The van der Waals surface area contributed by atoms with Crippen LogP contribution in [0.25, 0.3) is 28.4 Å². The standard InChI is InChI=1S/C16H8ClF2N5O/c17-10-1-3-13(4-2-10)24-16(21-22-23-24)14-8-20-25-15(14)9-5-11(18)7-12(19)6-9/h1-8H. The molecule has 0 saturated carbocycles. The van der Waals surface area contributed by atoms with Crippen LogP contribution in [0.5, 0.6) is 0 Å². The maximum atomic E-state index is 13.5. The Balaban J connectivity index is 1.84. The summed E-state index contributed by atoms with van der Waals surface area (Å²) in [5.41, 5.74) is 1.24. The lowest BCUT2D eigenvalue weighted by atomic mass is 10.1. The van der Waals surface area contributed by atoms with Crippen molar-refractivity contribution in [3.05, 3.63) is 65.3 Å². The molecule has 0 aliphatic heterocycles. The molecular formula is C16H8ClF2N5O. The summed E-state index contributed by atoms with van der Waals surface area (Å²) in [5, 5.41) is 15.8. The van der Waals surface area contributed by atoms with Crippen molar-refractivity contribution in [2.24, 2.45) is 0 Å². The number of hydrogen-bond donors (Lipinski definition) is 0. The zero-order chi connectivity index (χ0) is 17.4. The maximum Gasteiger partial charge on any atom is 0.192 e. The minimum absolute atomic E-state index is 0.156. The van der Waals surface area contributed by atoms with E-state index in [2.05, 4.69) is 20.7 Å². The molecule has 6 nitrogen and oxygen atoms in total. The summed E-state index contributed by atoms with van der Waals surface area (Å²) in [6.45, 7) is 0. The van der Waals surface area contributed by atoms with Crippen LogP contribution in [-0.2, 0) is 0 Å². The zero-order valence-electron chi connectivity index (χ0n) is 12.4. The van der Waals surface area contributed by atoms with Gasteiger partial charge >= 0.3 is 0 Å². The largest absolute Gasteiger partial charge is 0.356 e. The summed E-state index contributed by atoms with van der Waals surface area (Å²) in [4.78, 5) is 0. The van der Waals surface area contributed by atoms with Crippen molar-refractivity contribution in [3.63, 3.8) is 0 Å². The molecule has 124 valence electrons. The number of rotatable bonds is 3. The van der Waals surface area contributed by atoms with Crippen LogP contribution in [0.15, 0.2) is 53.2 Å². The fraction of sp³-hybridized carbons (Fsp3) is 0. The van der Waals surface area contributed by atoms with Crippen molar-refractivity contribution in [3.8, 4) is 28.4 Å². The highest BCUT2D eigenvalue weighted by atomic mass is 35.5. The average molecular weight is 360 g/mol. The first-order valence-electron chi connectivity index (χ1n) is 7.07. The first kappa shape index (κ1) is 15.4. The smallest absolute Gasteiger partial charge is 0.192 e. The first-order valence-corrected chi connectivity index (χ1v) is 7.45. The van der Waals surface area contributed by atoms with Crippen LogP contribution in [0, 0.1) is 11.6 Å². The number of halogens is 3. The summed E-state index contributed by atoms with van der Waals surface area (Å²) < 4.78 is 33.7. The van der Waals surface area contributed by atoms with E-state index in [0.717, 1.165) is 18.2 Å². The zero-order valence-corrected chi connectivity index (χ0v) is 13.2. The lowest BCUT2D eigenvalue weighted by Crippen LogP contribution is -1.99. The molecule has 9 heteroatoms. The lowest BCUT2D eigenvalue weighted by molar-refractivity contribution is 0.431. The molecule has 2 heterocycles. The molecule has 0 saturated heterocycles. The van der Waals surface area contributed by atoms with Gasteiger partial charge in [-0.05, 0) is 46.8 Å². The van der Waals surface area contributed by atoms with E-state index in [4.69, 9.17) is 16.1 Å². The highest BCUT2D eigenvalue weighted by Gasteiger charge is 2.20. The third-order valence-corrected chi connectivity index (χ3v) is 3.73. The van der Waals surface area contributed by atoms with Gasteiger partial charge in [0.25, 0.3) is 0 Å². The van der Waals surface area contributed by atoms with Crippen LogP contribution in [-0.4, -0.2) is 25.4 Å². The molecule has 25 heavy (non-hydrogen) atoms. The Kier molecular flexibility index (Phi) is 3.73. The van der Waals surface area contributed by atoms with Gasteiger partial charge in [0.1, 0.15) is 11.6 Å². The van der Waals surface area contributed by atoms with E-state index in [9.17, 15) is 8.78 Å². The predicted molar refractivity (Wildman–Crippen MR) is 85.0 cm³/mol. The number of aromatic nitrogens is 5. The van der Waals surface area contributed by atoms with E-state index < -0.39 is 11.6 Å². The number of benzene rings is 2. The topological polar surface area (TPSA) is 69.6 Å². The SMILES string of the molecule is Fc1cc(F)cc(-c2oncc2-c2nnnn2-c2ccc(Cl)cc2)c1. The van der Waals surface area contributed by atoms with E-state index in [1.807, 2.05) is 0 Å². The van der Waals surface area contributed by atoms with Crippen LogP contribution in [0.4, 0.5) is 8.78 Å². The van der Waals surface area contributed by atoms with Crippen LogP contribution in [0.2, 0.25) is 5.02 Å². The summed E-state index contributed by atoms with van der Waals surface area (Å²) in [6, 6.07) is 9.91. The van der Waals surface area contributed by atoms with E-state index in [0.29, 0.717) is 22.1 Å². The van der Waals surface area contributed by atoms with Gasteiger partial charge in [-0.15, -0.1) is 5.10 Å². The molecule has 2 aromatic heterocycles. The fourth-order valence-electron chi connectivity index (χ4n) is 2.40. The monoisotopic (exact) mass is 359 g/mol. The second kappa shape index (κ2) is 6.06. The van der Waals surface area contributed by atoms with Crippen molar-refractivity contribution in [2.75, 3.05) is 0 Å². The minimum Gasteiger partial charge on any atom is -0.356 e. The van der Waals surface area contributed by atoms with Crippen molar-refractivity contribution >= 4 is 11.6 Å². The predicted octanol–water partition coefficient (Wildman–Crippen LogP) is 3.92. The van der Waals surface area contributed by atoms with Crippen molar-refractivity contribution in [2.45, 2.75) is 0 Å². The molecule has 0 unspecified atom stereocenters. The number of hydrogen-bond acceptors (Lipinski definition) is 5. The van der Waals surface area contributed by atoms with Gasteiger partial charge in [0.05, 0.1) is 17.4 Å². The Morgan fingerprint density at radius 2 is 1.72 bits per heavy atom. The highest BCUT2D eigenvalue weighted by Crippen LogP contribution is 2.32. The molecule has 0 radical (unpaired) electrons. The molecule has 0 amide bonds. The molecule has 0 aliphatic rings. The van der Waals surface area contributed by atoms with Gasteiger partial charge in [-0.1, -0.05) is 16.8 Å². The van der Waals surface area contributed by atoms with Crippen LogP contribution >= 0.6 is 11.6 Å². The molecular weight excluding hydrogens is 352 g/mol. The van der Waals surface area contributed by atoms with E-state index in [-0.39, 0.29) is 11.3 Å². The van der Waals surface area contributed by atoms with Gasteiger partial charge in [0, 0.05) is 16.7 Å². The van der Waals surface area contributed by atoms with Crippen LogP contribution in [0.1, 0.15) is 0 Å². The van der Waals surface area contributed by atoms with Gasteiger partial charge in [-0.2, -0.15) is 4.68 Å². The highest BCUT2D eigenvalue weighted by molar-refractivity contribution is 6.30. The molecule has 0 fully saturated rings. The number of nitrogens with zero attached hydrogens (tertiary/aromatic N) is 5. The first-order chi connectivity index (χ1) is 12.1. The summed E-state index contributed by atoms with van der Waals surface area (Å²) in [7, 11) is 0. The van der Waals surface area contributed by atoms with Crippen molar-refractivity contribution in [1.29, 1.82) is 0 Å². The Morgan fingerprint density at radius 3 is 2.44 bits per heavy atom. The molecule has 2 aromatic carbocycles. The maximum absolute atomic E-state index is 13.5. The third kappa shape index (κ3) is 2.87. The lowest BCUT2D eigenvalue weighted by Gasteiger charge is -2.05. The van der Waals surface area contributed by atoms with Crippen LogP contribution in [0.3, 0.4) is 0 Å². The van der Waals surface area contributed by atoms with Gasteiger partial charge in [0.2, 0.25) is 0 Å². The summed E-state index contributed by atoms with van der Waals surface area (Å²) in [6.07, 6.45) is 1.39. The Hall–Kier alpha value is -3.13. The van der Waals surface area contributed by atoms with Crippen LogP contribution < -0.4 is 0 Å². The summed E-state index contributed by atoms with van der Waals surface area (Å²) in [5.74, 6) is -0.990. The van der Waals surface area contributed by atoms with Crippen molar-refractivity contribution in [1.82, 2.24) is 25.4 Å². The average Bonchev–Trinajstić information content (AvgIpc) is 3.23. The van der Waals surface area contributed by atoms with Gasteiger partial charge in [-0.3, -0.25) is 0 Å². The van der Waals surface area contributed by atoms with Gasteiger partial charge in [-0.25, -0.2) is 8.78 Å². The van der Waals surface area contributed by atoms with E-state index in [1.54, 1.807) is 24.3 Å². The summed E-state index contributed by atoms with van der Waals surface area (Å²) >= 11 is 5.89.